The number of hydrogen-bond acceptors (Lipinski definition) is 5. The molecule has 0 radical (unpaired) electrons. The van der Waals surface area contributed by atoms with Crippen LogP contribution in [0.5, 0.6) is 11.5 Å². The molecule has 0 N–H and O–H groups in total. The lowest BCUT2D eigenvalue weighted by atomic mass is 10.4. The minimum absolute atomic E-state index is 0.431. The van der Waals surface area contributed by atoms with Gasteiger partial charge in [-0.15, -0.1) is 10.2 Å². The van der Waals surface area contributed by atoms with Gasteiger partial charge < -0.3 is 14.0 Å². The first-order chi connectivity index (χ1) is 11.5. The van der Waals surface area contributed by atoms with Gasteiger partial charge in [0.25, 0.3) is 0 Å². The number of pyridine rings is 2. The molecule has 0 saturated heterocycles. The summed E-state index contributed by atoms with van der Waals surface area (Å²) in [7, 11) is 6.97. The zero-order valence-electron chi connectivity index (χ0n) is 14.5. The van der Waals surface area contributed by atoms with Gasteiger partial charge in [0.2, 0.25) is 0 Å². The topological polar surface area (TPSA) is 76.7 Å². The Hall–Kier alpha value is -3.03. The maximum absolute atomic E-state index is 5.18. The average Bonchev–Trinajstić information content (AvgIpc) is 2.60. The summed E-state index contributed by atoms with van der Waals surface area (Å²) in [5.74, 6) is 2.51. The molecule has 2 heterocycles. The van der Waals surface area contributed by atoms with Gasteiger partial charge in [-0.05, 0) is 11.2 Å². The fraction of sp³-hybridized carbons (Fsp3) is 0.312. The molecule has 0 amide bonds. The minimum Gasteiger partial charge on any atom is -0.497 e. The molecule has 24 heavy (non-hydrogen) atoms. The van der Waals surface area contributed by atoms with Crippen LogP contribution in [-0.2, 0) is 14.1 Å². The molecular formula is C16H21N6O2+. The van der Waals surface area contributed by atoms with Crippen molar-refractivity contribution < 1.29 is 14.0 Å². The molecule has 0 saturated carbocycles. The number of hydrogen-bond donors (Lipinski definition) is 0. The van der Waals surface area contributed by atoms with E-state index in [0.717, 1.165) is 0 Å². The van der Waals surface area contributed by atoms with Crippen LogP contribution >= 0.6 is 0 Å². The van der Waals surface area contributed by atoms with E-state index < -0.39 is 0 Å². The Morgan fingerprint density at radius 3 is 2.54 bits per heavy atom. The van der Waals surface area contributed by atoms with Crippen LogP contribution in [0.1, 0.15) is 6.92 Å². The summed E-state index contributed by atoms with van der Waals surface area (Å²) in [6.07, 6.45) is 3.70. The molecule has 2 rings (SSSR count). The minimum atomic E-state index is 0.431. The van der Waals surface area contributed by atoms with E-state index in [2.05, 4.69) is 20.4 Å². The highest BCUT2D eigenvalue weighted by atomic mass is 16.5. The number of rotatable bonds is 4. The van der Waals surface area contributed by atoms with E-state index in [1.165, 1.54) is 0 Å². The molecular weight excluding hydrogens is 308 g/mol. The second kappa shape index (κ2) is 8.00. The Bertz CT molecular complexity index is 839. The highest BCUT2D eigenvalue weighted by Gasteiger charge is 2.08. The van der Waals surface area contributed by atoms with Gasteiger partial charge in [-0.25, -0.2) is 4.57 Å². The van der Waals surface area contributed by atoms with E-state index in [1.807, 2.05) is 47.8 Å². The summed E-state index contributed by atoms with van der Waals surface area (Å²) in [5.41, 5.74) is 0.649. The summed E-state index contributed by atoms with van der Waals surface area (Å²) in [4.78, 5) is 0. The molecule has 0 fully saturated rings. The van der Waals surface area contributed by atoms with Crippen LogP contribution < -0.4 is 19.5 Å². The van der Waals surface area contributed by atoms with Crippen LogP contribution in [0.25, 0.3) is 0 Å². The number of amidine groups is 1. The predicted octanol–water partition coefficient (Wildman–Crippen LogP) is 1.88. The largest absolute Gasteiger partial charge is 0.497 e. The van der Waals surface area contributed by atoms with Crippen molar-refractivity contribution in [1.82, 2.24) is 4.57 Å². The molecule has 2 aromatic rings. The summed E-state index contributed by atoms with van der Waals surface area (Å²) in [6, 6.07) is 7.27. The van der Waals surface area contributed by atoms with Crippen molar-refractivity contribution in [2.24, 2.45) is 34.5 Å². The van der Waals surface area contributed by atoms with Gasteiger partial charge in [-0.1, -0.05) is 0 Å². The van der Waals surface area contributed by atoms with E-state index >= 15 is 0 Å². The first-order valence-electron chi connectivity index (χ1n) is 7.28. The molecule has 0 spiro atoms. The van der Waals surface area contributed by atoms with E-state index in [9.17, 15) is 0 Å². The molecule has 0 unspecified atom stereocenters. The second-order valence-electron chi connectivity index (χ2n) is 5.02. The molecule has 2 aromatic heterocycles. The van der Waals surface area contributed by atoms with Crippen molar-refractivity contribution in [3.8, 4) is 11.5 Å². The molecule has 8 nitrogen and oxygen atoms in total. The Balaban J connectivity index is 2.25. The zero-order chi connectivity index (χ0) is 17.5. The first kappa shape index (κ1) is 17.3. The Kier molecular flexibility index (Phi) is 5.78. The molecule has 0 bridgehead atoms. The molecule has 0 aliphatic rings. The highest BCUT2D eigenvalue weighted by Crippen LogP contribution is 2.14. The average molecular weight is 329 g/mol. The predicted molar refractivity (Wildman–Crippen MR) is 89.3 cm³/mol. The van der Waals surface area contributed by atoms with Gasteiger partial charge in [0.15, 0.2) is 11.3 Å². The molecule has 8 heteroatoms. The van der Waals surface area contributed by atoms with Crippen molar-refractivity contribution in [1.29, 1.82) is 0 Å². The number of azo groups is 1. The van der Waals surface area contributed by atoms with Crippen molar-refractivity contribution in [2.45, 2.75) is 6.92 Å². The first-order valence-corrected chi connectivity index (χ1v) is 7.28. The van der Waals surface area contributed by atoms with Crippen molar-refractivity contribution in [3.63, 3.8) is 0 Å². The Labute approximate surface area is 140 Å². The van der Waals surface area contributed by atoms with Crippen LogP contribution in [0.2, 0.25) is 0 Å². The highest BCUT2D eigenvalue weighted by molar-refractivity contribution is 5.79. The third kappa shape index (κ3) is 4.48. The van der Waals surface area contributed by atoms with E-state index in [0.29, 0.717) is 28.6 Å². The number of ether oxygens (including phenoxy) is 2. The number of aromatic nitrogens is 2. The molecule has 0 aliphatic carbocycles. The lowest BCUT2D eigenvalue weighted by Gasteiger charge is -2.01. The fourth-order valence-corrected chi connectivity index (χ4v) is 1.80. The van der Waals surface area contributed by atoms with Crippen LogP contribution in [0.3, 0.4) is 0 Å². The van der Waals surface area contributed by atoms with Gasteiger partial charge >= 0.3 is 5.82 Å². The van der Waals surface area contributed by atoms with Crippen LogP contribution in [0.15, 0.2) is 57.1 Å². The Morgan fingerprint density at radius 1 is 1.12 bits per heavy atom. The van der Waals surface area contributed by atoms with Crippen LogP contribution in [0.4, 0.5) is 5.82 Å². The Morgan fingerprint density at radius 2 is 1.83 bits per heavy atom. The maximum Gasteiger partial charge on any atom is 0.354 e. The van der Waals surface area contributed by atoms with Crippen molar-refractivity contribution in [3.05, 3.63) is 42.1 Å². The number of methoxy groups -OCH3 is 2. The summed E-state index contributed by atoms with van der Waals surface area (Å²) in [6.45, 7) is 1.73. The molecule has 0 aliphatic heterocycles. The third-order valence-corrected chi connectivity index (χ3v) is 3.26. The van der Waals surface area contributed by atoms with Gasteiger partial charge in [0, 0.05) is 32.3 Å². The number of aryl methyl sites for hydroxylation is 2. The zero-order valence-corrected chi connectivity index (χ0v) is 14.5. The monoisotopic (exact) mass is 329 g/mol. The number of nitrogens with zero attached hydrogens (tertiary/aromatic N) is 6. The summed E-state index contributed by atoms with van der Waals surface area (Å²) >= 11 is 0. The van der Waals surface area contributed by atoms with Crippen molar-refractivity contribution in [2.75, 3.05) is 14.2 Å². The lowest BCUT2D eigenvalue weighted by Crippen LogP contribution is -2.27. The normalized spacial score (nSPS) is 12.7. The van der Waals surface area contributed by atoms with Gasteiger partial charge in [0.05, 0.1) is 38.6 Å². The lowest BCUT2D eigenvalue weighted by molar-refractivity contribution is -0.658. The quantitative estimate of drug-likeness (QED) is 0.282. The maximum atomic E-state index is 5.18. The van der Waals surface area contributed by atoms with Crippen LogP contribution in [-0.4, -0.2) is 24.6 Å². The van der Waals surface area contributed by atoms with Crippen LogP contribution in [0, 0.1) is 0 Å². The summed E-state index contributed by atoms with van der Waals surface area (Å²) < 4.78 is 14.0. The van der Waals surface area contributed by atoms with Gasteiger partial charge in [-0.3, -0.25) is 0 Å². The van der Waals surface area contributed by atoms with Gasteiger partial charge in [0.1, 0.15) is 11.5 Å². The molecule has 0 aromatic carbocycles. The van der Waals surface area contributed by atoms with E-state index in [1.54, 1.807) is 33.3 Å². The van der Waals surface area contributed by atoms with E-state index in [4.69, 9.17) is 9.47 Å². The molecule has 0 atom stereocenters. The van der Waals surface area contributed by atoms with E-state index in [-0.39, 0.29) is 0 Å². The third-order valence-electron chi connectivity index (χ3n) is 3.26. The standard InChI is InChI=1S/C16H21N6O2/c1-12(17-19-15-10-13(23-4)6-8-21(15)2)18-20-16-11-14(24-5)7-9-22(16)3/h6-11H,1-5H3/q+1. The second-order valence-corrected chi connectivity index (χ2v) is 5.02. The molecule has 126 valence electrons. The van der Waals surface area contributed by atoms with Crippen molar-refractivity contribution >= 4 is 11.7 Å². The fourth-order valence-electron chi connectivity index (χ4n) is 1.80. The summed E-state index contributed by atoms with van der Waals surface area (Å²) in [5, 5.41) is 16.5. The van der Waals surface area contributed by atoms with Gasteiger partial charge in [-0.2, -0.15) is 0 Å². The SMILES string of the molecule is COc1cc[n+](C)c(N=NC(C)=NN=c2cc(OC)ccn2C)c1. The smallest absolute Gasteiger partial charge is 0.354 e.